The van der Waals surface area contributed by atoms with Gasteiger partial charge >= 0.3 is 0 Å². The average Bonchev–Trinajstić information content (AvgIpc) is 2.10. The van der Waals surface area contributed by atoms with Gasteiger partial charge in [-0.15, -0.1) is 0 Å². The first kappa shape index (κ1) is 7.66. The summed E-state index contributed by atoms with van der Waals surface area (Å²) in [5, 5.41) is 2.80. The molecule has 1 aliphatic heterocycles. The van der Waals surface area contributed by atoms with Crippen molar-refractivity contribution in [3.63, 3.8) is 0 Å². The fraction of sp³-hybridized carbons (Fsp3) is 0.857. The Kier molecular flexibility index (Phi) is 1.77. The van der Waals surface area contributed by atoms with E-state index >= 15 is 0 Å². The Balaban J connectivity index is 2.66. The number of halogens is 1. The molecular weight excluding hydrogens is 133 g/mol. The van der Waals surface area contributed by atoms with Crippen molar-refractivity contribution in [2.45, 2.75) is 26.1 Å². The highest BCUT2D eigenvalue weighted by molar-refractivity contribution is 5.59. The maximum absolute atomic E-state index is 13.1. The van der Waals surface area contributed by atoms with Crippen molar-refractivity contribution in [1.82, 2.24) is 5.32 Å². The molecule has 1 saturated heterocycles. The van der Waals surface area contributed by atoms with Crippen molar-refractivity contribution in [3.8, 4) is 0 Å². The molecule has 10 heavy (non-hydrogen) atoms. The largest absolute Gasteiger partial charge is 0.305 e. The number of hydrogen-bond donors (Lipinski definition) is 1. The number of nitrogens with one attached hydrogen (secondary N) is 1. The molecule has 0 amide bonds. The quantitative estimate of drug-likeness (QED) is 0.545. The van der Waals surface area contributed by atoms with Crippen LogP contribution in [0.1, 0.15) is 13.8 Å². The second kappa shape index (κ2) is 2.31. The molecule has 1 rings (SSSR count). The van der Waals surface area contributed by atoms with Crippen molar-refractivity contribution >= 4 is 6.29 Å². The van der Waals surface area contributed by atoms with Crippen molar-refractivity contribution in [1.29, 1.82) is 0 Å². The topological polar surface area (TPSA) is 29.1 Å². The van der Waals surface area contributed by atoms with Crippen LogP contribution in [-0.4, -0.2) is 25.0 Å². The number of rotatable bonds is 1. The summed E-state index contributed by atoms with van der Waals surface area (Å²) >= 11 is 0. The zero-order valence-electron chi connectivity index (χ0n) is 6.23. The van der Waals surface area contributed by atoms with E-state index in [-0.39, 0.29) is 5.41 Å². The molecule has 0 aromatic rings. The van der Waals surface area contributed by atoms with Crippen LogP contribution in [-0.2, 0) is 4.79 Å². The summed E-state index contributed by atoms with van der Waals surface area (Å²) in [6.07, 6.45) is -0.399. The fourth-order valence-corrected chi connectivity index (χ4v) is 1.19. The molecule has 3 heteroatoms. The standard InChI is InChI=1S/C7H12FNO/c1-7(2)4-9-5(3-10)6(7)8/h3,5-6,9H,4H2,1-2H3. The Morgan fingerprint density at radius 3 is 2.50 bits per heavy atom. The Bertz CT molecular complexity index is 147. The lowest BCUT2D eigenvalue weighted by Crippen LogP contribution is -2.31. The molecule has 1 heterocycles. The highest BCUT2D eigenvalue weighted by atomic mass is 19.1. The SMILES string of the molecule is CC1(C)CNC(C=O)C1F. The summed E-state index contributed by atoms with van der Waals surface area (Å²) in [6.45, 7) is 4.21. The van der Waals surface area contributed by atoms with Gasteiger partial charge in [0.2, 0.25) is 0 Å². The van der Waals surface area contributed by atoms with Crippen LogP contribution in [0.25, 0.3) is 0 Å². The van der Waals surface area contributed by atoms with E-state index in [1.165, 1.54) is 0 Å². The summed E-state index contributed by atoms with van der Waals surface area (Å²) in [4.78, 5) is 10.2. The molecule has 2 nitrogen and oxygen atoms in total. The lowest BCUT2D eigenvalue weighted by Gasteiger charge is -2.19. The van der Waals surface area contributed by atoms with Crippen LogP contribution in [0.5, 0.6) is 0 Å². The highest BCUT2D eigenvalue weighted by Crippen LogP contribution is 2.29. The third kappa shape index (κ3) is 1.06. The van der Waals surface area contributed by atoms with Gasteiger partial charge in [0, 0.05) is 12.0 Å². The molecular formula is C7H12FNO. The first-order valence-electron chi connectivity index (χ1n) is 3.41. The van der Waals surface area contributed by atoms with Crippen LogP contribution in [0.2, 0.25) is 0 Å². The Morgan fingerprint density at radius 1 is 1.70 bits per heavy atom. The van der Waals surface area contributed by atoms with Gasteiger partial charge in [-0.2, -0.15) is 0 Å². The van der Waals surface area contributed by atoms with E-state index < -0.39 is 12.2 Å². The molecule has 2 unspecified atom stereocenters. The van der Waals surface area contributed by atoms with Crippen LogP contribution in [0.4, 0.5) is 4.39 Å². The molecule has 0 spiro atoms. The maximum Gasteiger partial charge on any atom is 0.139 e. The third-order valence-electron chi connectivity index (χ3n) is 2.00. The minimum Gasteiger partial charge on any atom is -0.305 e. The van der Waals surface area contributed by atoms with Gasteiger partial charge in [-0.25, -0.2) is 4.39 Å². The number of carbonyl (C=O) groups excluding carboxylic acids is 1. The first-order valence-corrected chi connectivity index (χ1v) is 3.41. The minimum atomic E-state index is -1.04. The monoisotopic (exact) mass is 145 g/mol. The first-order chi connectivity index (χ1) is 4.58. The van der Waals surface area contributed by atoms with E-state index in [9.17, 15) is 9.18 Å². The predicted octanol–water partition coefficient (Wildman–Crippen LogP) is 0.521. The molecule has 58 valence electrons. The molecule has 1 fully saturated rings. The number of aldehydes is 1. The van der Waals surface area contributed by atoms with Gasteiger partial charge in [-0.05, 0) is 0 Å². The molecule has 2 atom stereocenters. The minimum absolute atomic E-state index is 0.383. The molecule has 0 aromatic heterocycles. The highest BCUT2D eigenvalue weighted by Gasteiger charge is 2.41. The summed E-state index contributed by atoms with van der Waals surface area (Å²) in [6, 6.07) is -0.588. The third-order valence-corrected chi connectivity index (χ3v) is 2.00. The number of carbonyl (C=O) groups is 1. The molecule has 1 aliphatic rings. The molecule has 0 aliphatic carbocycles. The summed E-state index contributed by atoms with van der Waals surface area (Å²) in [7, 11) is 0. The van der Waals surface area contributed by atoms with Crippen LogP contribution < -0.4 is 5.32 Å². The van der Waals surface area contributed by atoms with Gasteiger partial charge in [-0.1, -0.05) is 13.8 Å². The van der Waals surface area contributed by atoms with Crippen molar-refractivity contribution in [3.05, 3.63) is 0 Å². The van der Waals surface area contributed by atoms with Crippen molar-refractivity contribution in [2.24, 2.45) is 5.41 Å². The summed E-state index contributed by atoms with van der Waals surface area (Å²) in [5.41, 5.74) is -0.383. The van der Waals surface area contributed by atoms with Gasteiger partial charge in [0.1, 0.15) is 12.5 Å². The summed E-state index contributed by atoms with van der Waals surface area (Å²) in [5.74, 6) is 0. The molecule has 0 radical (unpaired) electrons. The van der Waals surface area contributed by atoms with E-state index in [1.54, 1.807) is 0 Å². The normalized spacial score (nSPS) is 37.9. The smallest absolute Gasteiger partial charge is 0.139 e. The Hall–Kier alpha value is -0.440. The number of alkyl halides is 1. The lowest BCUT2D eigenvalue weighted by atomic mass is 9.89. The average molecular weight is 145 g/mol. The predicted molar refractivity (Wildman–Crippen MR) is 36.5 cm³/mol. The van der Waals surface area contributed by atoms with Gasteiger partial charge in [0.25, 0.3) is 0 Å². The van der Waals surface area contributed by atoms with Gasteiger partial charge in [0.15, 0.2) is 0 Å². The van der Waals surface area contributed by atoms with Crippen LogP contribution in [0.15, 0.2) is 0 Å². The molecule has 0 bridgehead atoms. The zero-order valence-corrected chi connectivity index (χ0v) is 6.23. The second-order valence-electron chi connectivity index (χ2n) is 3.43. The lowest BCUT2D eigenvalue weighted by molar-refractivity contribution is -0.110. The van der Waals surface area contributed by atoms with E-state index in [0.29, 0.717) is 12.8 Å². The maximum atomic E-state index is 13.1. The molecule has 0 saturated carbocycles. The Labute approximate surface area is 59.8 Å². The van der Waals surface area contributed by atoms with Gasteiger partial charge < -0.3 is 10.1 Å². The van der Waals surface area contributed by atoms with E-state index in [4.69, 9.17) is 0 Å². The Morgan fingerprint density at radius 2 is 2.30 bits per heavy atom. The molecule has 0 aromatic carbocycles. The summed E-state index contributed by atoms with van der Waals surface area (Å²) < 4.78 is 13.1. The zero-order chi connectivity index (χ0) is 7.78. The van der Waals surface area contributed by atoms with Crippen molar-refractivity contribution < 1.29 is 9.18 Å². The van der Waals surface area contributed by atoms with Gasteiger partial charge in [0.05, 0.1) is 6.04 Å². The van der Waals surface area contributed by atoms with Crippen LogP contribution in [0.3, 0.4) is 0 Å². The van der Waals surface area contributed by atoms with E-state index in [1.807, 2.05) is 13.8 Å². The van der Waals surface area contributed by atoms with Crippen molar-refractivity contribution in [2.75, 3.05) is 6.54 Å². The second-order valence-corrected chi connectivity index (χ2v) is 3.43. The number of hydrogen-bond acceptors (Lipinski definition) is 2. The molecule has 1 N–H and O–H groups in total. The van der Waals surface area contributed by atoms with E-state index in [0.717, 1.165) is 0 Å². The van der Waals surface area contributed by atoms with Gasteiger partial charge in [-0.3, -0.25) is 0 Å². The van der Waals surface area contributed by atoms with Crippen LogP contribution in [0, 0.1) is 5.41 Å². The fourth-order valence-electron chi connectivity index (χ4n) is 1.19. The van der Waals surface area contributed by atoms with Crippen LogP contribution >= 0.6 is 0 Å². The van der Waals surface area contributed by atoms with E-state index in [2.05, 4.69) is 5.32 Å².